The van der Waals surface area contributed by atoms with Gasteiger partial charge in [-0.15, -0.1) is 0 Å². The van der Waals surface area contributed by atoms with E-state index in [0.717, 1.165) is 17.3 Å². The molecule has 0 bridgehead atoms. The molecule has 0 saturated heterocycles. The smallest absolute Gasteiger partial charge is 0.211 e. The number of alkyl halides is 1. The quantitative estimate of drug-likeness (QED) is 0.843. The third-order valence-electron chi connectivity index (χ3n) is 3.63. The average Bonchev–Trinajstić information content (AvgIpc) is 2.95. The van der Waals surface area contributed by atoms with Crippen LogP contribution in [0.1, 0.15) is 25.8 Å². The Morgan fingerprint density at radius 3 is 2.33 bits per heavy atom. The van der Waals surface area contributed by atoms with E-state index < -0.39 is 10.0 Å². The molecule has 18 heavy (non-hydrogen) atoms. The lowest BCUT2D eigenvalue weighted by molar-refractivity contribution is 0.537. The van der Waals surface area contributed by atoms with Crippen LogP contribution in [0.3, 0.4) is 0 Å². The van der Waals surface area contributed by atoms with E-state index in [1.807, 2.05) is 12.1 Å². The number of sulfonamides is 1. The summed E-state index contributed by atoms with van der Waals surface area (Å²) in [7, 11) is -3.36. The number of benzene rings is 1. The van der Waals surface area contributed by atoms with Gasteiger partial charge in [-0.2, -0.15) is 0 Å². The Labute approximate surface area is 117 Å². The summed E-state index contributed by atoms with van der Waals surface area (Å²) in [6.07, 6.45) is 1.10. The lowest BCUT2D eigenvalue weighted by Gasteiger charge is -2.08. The SMILES string of the molecule is CC1(C)CC1CNS(=O)(=O)c1ccc(CBr)cc1. The number of hydrogen-bond acceptors (Lipinski definition) is 2. The monoisotopic (exact) mass is 331 g/mol. The minimum atomic E-state index is -3.36. The van der Waals surface area contributed by atoms with E-state index in [0.29, 0.717) is 22.8 Å². The fourth-order valence-corrected chi connectivity index (χ4v) is 3.43. The molecule has 1 N–H and O–H groups in total. The van der Waals surface area contributed by atoms with E-state index in [2.05, 4.69) is 34.5 Å². The second-order valence-electron chi connectivity index (χ2n) is 5.52. The van der Waals surface area contributed by atoms with Gasteiger partial charge in [0.1, 0.15) is 0 Å². The summed E-state index contributed by atoms with van der Waals surface area (Å²) in [5, 5.41) is 0.733. The van der Waals surface area contributed by atoms with Crippen molar-refractivity contribution in [2.45, 2.75) is 30.5 Å². The molecule has 1 aliphatic carbocycles. The van der Waals surface area contributed by atoms with Gasteiger partial charge in [0, 0.05) is 11.9 Å². The molecule has 5 heteroatoms. The zero-order valence-electron chi connectivity index (χ0n) is 10.6. The first-order valence-corrected chi connectivity index (χ1v) is 8.60. The van der Waals surface area contributed by atoms with Crippen molar-refractivity contribution >= 4 is 26.0 Å². The van der Waals surface area contributed by atoms with Crippen molar-refractivity contribution in [3.8, 4) is 0 Å². The average molecular weight is 332 g/mol. The predicted molar refractivity (Wildman–Crippen MR) is 76.1 cm³/mol. The molecule has 100 valence electrons. The standard InChI is InChI=1S/C13H18BrNO2S/c1-13(2)7-11(13)9-15-18(16,17)12-5-3-10(8-14)4-6-12/h3-6,11,15H,7-9H2,1-2H3. The molecule has 0 radical (unpaired) electrons. The van der Waals surface area contributed by atoms with E-state index in [9.17, 15) is 8.42 Å². The second kappa shape index (κ2) is 4.94. The Morgan fingerprint density at radius 2 is 1.89 bits per heavy atom. The van der Waals surface area contributed by atoms with E-state index in [1.54, 1.807) is 12.1 Å². The van der Waals surface area contributed by atoms with Crippen molar-refractivity contribution in [1.29, 1.82) is 0 Å². The maximum Gasteiger partial charge on any atom is 0.240 e. The van der Waals surface area contributed by atoms with Crippen molar-refractivity contribution in [3.05, 3.63) is 29.8 Å². The van der Waals surface area contributed by atoms with Crippen molar-refractivity contribution in [3.63, 3.8) is 0 Å². The molecule has 1 fully saturated rings. The van der Waals surface area contributed by atoms with E-state index in [4.69, 9.17) is 0 Å². The van der Waals surface area contributed by atoms with Crippen LogP contribution >= 0.6 is 15.9 Å². The first-order chi connectivity index (χ1) is 8.35. The third kappa shape index (κ3) is 3.13. The first kappa shape index (κ1) is 14.0. The van der Waals surface area contributed by atoms with Gasteiger partial charge < -0.3 is 0 Å². The summed E-state index contributed by atoms with van der Waals surface area (Å²) in [6.45, 7) is 4.86. The number of rotatable bonds is 5. The van der Waals surface area contributed by atoms with Crippen molar-refractivity contribution in [2.24, 2.45) is 11.3 Å². The Hall–Kier alpha value is -0.390. The highest BCUT2D eigenvalue weighted by atomic mass is 79.9. The van der Waals surface area contributed by atoms with Gasteiger partial charge in [0.15, 0.2) is 0 Å². The minimum Gasteiger partial charge on any atom is -0.211 e. The molecule has 1 saturated carbocycles. The Kier molecular flexibility index (Phi) is 3.85. The van der Waals surface area contributed by atoms with Crippen LogP contribution < -0.4 is 4.72 Å². The highest BCUT2D eigenvalue weighted by Gasteiger charge is 2.45. The van der Waals surface area contributed by atoms with Gasteiger partial charge in [0.2, 0.25) is 10.0 Å². The third-order valence-corrected chi connectivity index (χ3v) is 5.71. The minimum absolute atomic E-state index is 0.294. The first-order valence-electron chi connectivity index (χ1n) is 6.00. The van der Waals surface area contributed by atoms with Crippen LogP contribution in [-0.4, -0.2) is 15.0 Å². The zero-order valence-corrected chi connectivity index (χ0v) is 13.0. The summed E-state index contributed by atoms with van der Waals surface area (Å²) in [5.74, 6) is 0.467. The summed E-state index contributed by atoms with van der Waals surface area (Å²) in [5.41, 5.74) is 1.36. The largest absolute Gasteiger partial charge is 0.240 e. The van der Waals surface area contributed by atoms with Crippen molar-refractivity contribution < 1.29 is 8.42 Å². The molecule has 0 amide bonds. The molecular formula is C13H18BrNO2S. The van der Waals surface area contributed by atoms with Gasteiger partial charge in [-0.3, -0.25) is 0 Å². The fraction of sp³-hybridized carbons (Fsp3) is 0.538. The number of hydrogen-bond donors (Lipinski definition) is 1. The molecule has 0 spiro atoms. The number of halogens is 1. The van der Waals surface area contributed by atoms with Crippen LogP contribution in [-0.2, 0) is 15.4 Å². The summed E-state index contributed by atoms with van der Waals surface area (Å²) in [6, 6.07) is 6.95. The van der Waals surface area contributed by atoms with E-state index in [1.165, 1.54) is 0 Å². The Morgan fingerprint density at radius 1 is 1.33 bits per heavy atom. The zero-order chi connectivity index (χ0) is 13.4. The summed E-state index contributed by atoms with van der Waals surface area (Å²) < 4.78 is 26.8. The molecular weight excluding hydrogens is 314 g/mol. The fourth-order valence-electron chi connectivity index (χ4n) is 1.98. The topological polar surface area (TPSA) is 46.2 Å². The Bertz CT molecular complexity index is 522. The second-order valence-corrected chi connectivity index (χ2v) is 7.85. The van der Waals surface area contributed by atoms with Gasteiger partial charge in [0.25, 0.3) is 0 Å². The molecule has 0 aromatic heterocycles. The van der Waals surface area contributed by atoms with Crippen LogP contribution in [0.15, 0.2) is 29.2 Å². The van der Waals surface area contributed by atoms with Gasteiger partial charge in [0.05, 0.1) is 4.90 Å². The lowest BCUT2D eigenvalue weighted by atomic mass is 10.1. The highest BCUT2D eigenvalue weighted by molar-refractivity contribution is 9.08. The van der Waals surface area contributed by atoms with E-state index >= 15 is 0 Å². The molecule has 1 aromatic rings. The summed E-state index contributed by atoms with van der Waals surface area (Å²) in [4.78, 5) is 0.339. The molecule has 0 heterocycles. The van der Waals surface area contributed by atoms with Crippen LogP contribution in [0.4, 0.5) is 0 Å². The maximum atomic E-state index is 12.1. The van der Waals surface area contributed by atoms with Crippen LogP contribution in [0.25, 0.3) is 0 Å². The Balaban J connectivity index is 2.01. The van der Waals surface area contributed by atoms with Gasteiger partial charge in [-0.05, 0) is 35.4 Å². The maximum absolute atomic E-state index is 12.1. The molecule has 1 aromatic carbocycles. The molecule has 1 atom stereocenters. The van der Waals surface area contributed by atoms with Crippen LogP contribution in [0.5, 0.6) is 0 Å². The molecule has 1 unspecified atom stereocenters. The highest BCUT2D eigenvalue weighted by Crippen LogP contribution is 2.51. The molecule has 0 aliphatic heterocycles. The molecule has 3 nitrogen and oxygen atoms in total. The van der Waals surface area contributed by atoms with Crippen molar-refractivity contribution in [2.75, 3.05) is 6.54 Å². The number of nitrogens with one attached hydrogen (secondary N) is 1. The molecule has 2 rings (SSSR count). The summed E-state index contributed by atoms with van der Waals surface area (Å²) >= 11 is 3.34. The van der Waals surface area contributed by atoms with Gasteiger partial charge >= 0.3 is 0 Å². The van der Waals surface area contributed by atoms with Gasteiger partial charge in [-0.1, -0.05) is 41.9 Å². The van der Waals surface area contributed by atoms with Crippen molar-refractivity contribution in [1.82, 2.24) is 4.72 Å². The van der Waals surface area contributed by atoms with Gasteiger partial charge in [-0.25, -0.2) is 13.1 Å². The van der Waals surface area contributed by atoms with Crippen LogP contribution in [0.2, 0.25) is 0 Å². The van der Waals surface area contributed by atoms with E-state index in [-0.39, 0.29) is 0 Å². The normalized spacial score (nSPS) is 21.8. The predicted octanol–water partition coefficient (Wildman–Crippen LogP) is 2.91. The van der Waals surface area contributed by atoms with Crippen LogP contribution in [0, 0.1) is 11.3 Å². The molecule has 1 aliphatic rings. The lowest BCUT2D eigenvalue weighted by Crippen LogP contribution is -2.26.